The lowest BCUT2D eigenvalue weighted by Gasteiger charge is -2.31. The molecule has 0 spiro atoms. The largest absolute Gasteiger partial charge is 0.312 e. The van der Waals surface area contributed by atoms with Crippen LogP contribution in [0.4, 0.5) is 4.39 Å². The van der Waals surface area contributed by atoms with Crippen molar-refractivity contribution in [3.63, 3.8) is 0 Å². The van der Waals surface area contributed by atoms with E-state index in [2.05, 4.69) is 17.1 Å². The summed E-state index contributed by atoms with van der Waals surface area (Å²) in [7, 11) is 0. The standard InChI is InChI=1S/C15H23FN2/c1-2-18-8-6-13(7-9-18)11-17-12-14-4-3-5-15(16)10-14/h3-5,10,13,17H,2,6-9,11-12H2,1H3. The van der Waals surface area contributed by atoms with Crippen LogP contribution < -0.4 is 5.32 Å². The van der Waals surface area contributed by atoms with Crippen molar-refractivity contribution in [1.29, 1.82) is 0 Å². The van der Waals surface area contributed by atoms with Crippen molar-refractivity contribution in [3.8, 4) is 0 Å². The first-order chi connectivity index (χ1) is 8.78. The molecular weight excluding hydrogens is 227 g/mol. The number of rotatable bonds is 5. The minimum Gasteiger partial charge on any atom is -0.312 e. The third kappa shape index (κ3) is 4.07. The third-order valence-corrected chi connectivity index (χ3v) is 3.81. The number of hydrogen-bond donors (Lipinski definition) is 1. The van der Waals surface area contributed by atoms with Crippen molar-refractivity contribution in [2.75, 3.05) is 26.2 Å². The van der Waals surface area contributed by atoms with Gasteiger partial charge in [-0.05, 0) is 62.6 Å². The Balaban J connectivity index is 1.67. The fourth-order valence-electron chi connectivity index (χ4n) is 2.57. The third-order valence-electron chi connectivity index (χ3n) is 3.81. The van der Waals surface area contributed by atoms with Gasteiger partial charge in [-0.1, -0.05) is 19.1 Å². The van der Waals surface area contributed by atoms with E-state index in [1.54, 1.807) is 12.1 Å². The highest BCUT2D eigenvalue weighted by Crippen LogP contribution is 2.16. The topological polar surface area (TPSA) is 15.3 Å². The maximum atomic E-state index is 13.0. The summed E-state index contributed by atoms with van der Waals surface area (Å²) in [5.74, 6) is 0.631. The van der Waals surface area contributed by atoms with Crippen LogP contribution in [-0.2, 0) is 6.54 Å². The Morgan fingerprint density at radius 3 is 2.78 bits per heavy atom. The predicted molar refractivity (Wildman–Crippen MR) is 72.9 cm³/mol. The molecule has 1 saturated heterocycles. The van der Waals surface area contributed by atoms with Gasteiger partial charge in [-0.3, -0.25) is 0 Å². The summed E-state index contributed by atoms with van der Waals surface area (Å²) in [6.07, 6.45) is 2.56. The second-order valence-electron chi connectivity index (χ2n) is 5.14. The molecule has 3 heteroatoms. The van der Waals surface area contributed by atoms with E-state index in [9.17, 15) is 4.39 Å². The minimum atomic E-state index is -0.148. The molecule has 1 N–H and O–H groups in total. The first kappa shape index (κ1) is 13.5. The molecule has 2 nitrogen and oxygen atoms in total. The Morgan fingerprint density at radius 1 is 1.33 bits per heavy atom. The van der Waals surface area contributed by atoms with Crippen LogP contribution in [-0.4, -0.2) is 31.1 Å². The number of hydrogen-bond acceptors (Lipinski definition) is 2. The van der Waals surface area contributed by atoms with E-state index >= 15 is 0 Å². The van der Waals surface area contributed by atoms with E-state index in [1.165, 1.54) is 38.5 Å². The lowest BCUT2D eigenvalue weighted by molar-refractivity contribution is 0.190. The van der Waals surface area contributed by atoms with Gasteiger partial charge >= 0.3 is 0 Å². The minimum absolute atomic E-state index is 0.148. The van der Waals surface area contributed by atoms with E-state index in [0.717, 1.165) is 24.6 Å². The van der Waals surface area contributed by atoms with E-state index in [0.29, 0.717) is 0 Å². The van der Waals surface area contributed by atoms with Crippen LogP contribution in [0.5, 0.6) is 0 Å². The van der Waals surface area contributed by atoms with Gasteiger partial charge in [0.1, 0.15) is 5.82 Å². The van der Waals surface area contributed by atoms with Crippen molar-refractivity contribution >= 4 is 0 Å². The quantitative estimate of drug-likeness (QED) is 0.864. The number of piperidine rings is 1. The van der Waals surface area contributed by atoms with Crippen molar-refractivity contribution in [2.24, 2.45) is 5.92 Å². The number of likely N-dealkylation sites (tertiary alicyclic amines) is 1. The number of nitrogens with zero attached hydrogens (tertiary/aromatic N) is 1. The van der Waals surface area contributed by atoms with Crippen molar-refractivity contribution in [1.82, 2.24) is 10.2 Å². The first-order valence-corrected chi connectivity index (χ1v) is 6.95. The zero-order valence-electron chi connectivity index (χ0n) is 11.2. The van der Waals surface area contributed by atoms with Crippen LogP contribution in [0.3, 0.4) is 0 Å². The molecule has 1 aliphatic rings. The number of halogens is 1. The summed E-state index contributed by atoms with van der Waals surface area (Å²) in [5.41, 5.74) is 1.03. The average Bonchev–Trinajstić information content (AvgIpc) is 2.40. The van der Waals surface area contributed by atoms with E-state index in [4.69, 9.17) is 0 Å². The summed E-state index contributed by atoms with van der Waals surface area (Å²) in [6.45, 7) is 7.66. The molecule has 0 radical (unpaired) electrons. The van der Waals surface area contributed by atoms with Gasteiger partial charge in [0.25, 0.3) is 0 Å². The lowest BCUT2D eigenvalue weighted by Crippen LogP contribution is -2.36. The molecule has 1 aliphatic heterocycles. The van der Waals surface area contributed by atoms with Gasteiger partial charge in [0.2, 0.25) is 0 Å². The summed E-state index contributed by atoms with van der Waals surface area (Å²) in [4.78, 5) is 2.50. The zero-order chi connectivity index (χ0) is 12.8. The molecule has 2 rings (SSSR count). The van der Waals surface area contributed by atoms with Gasteiger partial charge in [0.15, 0.2) is 0 Å². The molecule has 0 atom stereocenters. The van der Waals surface area contributed by atoms with Gasteiger partial charge in [-0.2, -0.15) is 0 Å². The van der Waals surface area contributed by atoms with E-state index in [1.807, 2.05) is 6.07 Å². The van der Waals surface area contributed by atoms with Crippen LogP contribution >= 0.6 is 0 Å². The smallest absolute Gasteiger partial charge is 0.123 e. The van der Waals surface area contributed by atoms with Crippen LogP contribution in [0.25, 0.3) is 0 Å². The highest BCUT2D eigenvalue weighted by atomic mass is 19.1. The van der Waals surface area contributed by atoms with Crippen LogP contribution in [0.15, 0.2) is 24.3 Å². The molecule has 0 bridgehead atoms. The Morgan fingerprint density at radius 2 is 2.11 bits per heavy atom. The summed E-state index contributed by atoms with van der Waals surface area (Å²) >= 11 is 0. The molecule has 1 fully saturated rings. The van der Waals surface area contributed by atoms with Crippen LogP contribution in [0.2, 0.25) is 0 Å². The van der Waals surface area contributed by atoms with Gasteiger partial charge in [-0.15, -0.1) is 0 Å². The molecule has 0 aliphatic carbocycles. The monoisotopic (exact) mass is 250 g/mol. The fraction of sp³-hybridized carbons (Fsp3) is 0.600. The second kappa shape index (κ2) is 6.86. The van der Waals surface area contributed by atoms with Crippen molar-refractivity contribution < 1.29 is 4.39 Å². The van der Waals surface area contributed by atoms with E-state index in [-0.39, 0.29) is 5.82 Å². The van der Waals surface area contributed by atoms with Gasteiger partial charge < -0.3 is 10.2 Å². The summed E-state index contributed by atoms with van der Waals surface area (Å²) < 4.78 is 13.0. The molecule has 1 heterocycles. The Hall–Kier alpha value is -0.930. The van der Waals surface area contributed by atoms with Gasteiger partial charge in [-0.25, -0.2) is 4.39 Å². The molecule has 1 aromatic carbocycles. The van der Waals surface area contributed by atoms with Crippen LogP contribution in [0.1, 0.15) is 25.3 Å². The Bertz CT molecular complexity index is 359. The second-order valence-corrected chi connectivity index (χ2v) is 5.14. The lowest BCUT2D eigenvalue weighted by atomic mass is 9.97. The SMILES string of the molecule is CCN1CCC(CNCc2cccc(F)c2)CC1. The predicted octanol–water partition coefficient (Wildman–Crippen LogP) is 2.65. The molecule has 0 aromatic heterocycles. The Kier molecular flexibility index (Phi) is 5.14. The average molecular weight is 250 g/mol. The zero-order valence-corrected chi connectivity index (χ0v) is 11.2. The maximum absolute atomic E-state index is 13.0. The highest BCUT2D eigenvalue weighted by molar-refractivity contribution is 5.15. The van der Waals surface area contributed by atoms with Crippen LogP contribution in [0, 0.1) is 11.7 Å². The molecule has 0 amide bonds. The van der Waals surface area contributed by atoms with Gasteiger partial charge in [0.05, 0.1) is 0 Å². The molecule has 100 valence electrons. The molecular formula is C15H23FN2. The Labute approximate surface area is 109 Å². The molecule has 18 heavy (non-hydrogen) atoms. The number of benzene rings is 1. The highest BCUT2D eigenvalue weighted by Gasteiger charge is 2.17. The van der Waals surface area contributed by atoms with Crippen molar-refractivity contribution in [3.05, 3.63) is 35.6 Å². The maximum Gasteiger partial charge on any atom is 0.123 e. The molecule has 1 aromatic rings. The fourth-order valence-corrected chi connectivity index (χ4v) is 2.57. The number of nitrogens with one attached hydrogen (secondary N) is 1. The summed E-state index contributed by atoms with van der Waals surface area (Å²) in [5, 5.41) is 3.45. The molecule has 0 saturated carbocycles. The van der Waals surface area contributed by atoms with Crippen molar-refractivity contribution in [2.45, 2.75) is 26.3 Å². The first-order valence-electron chi connectivity index (χ1n) is 6.95. The van der Waals surface area contributed by atoms with E-state index < -0.39 is 0 Å². The normalized spacial score (nSPS) is 18.1. The summed E-state index contributed by atoms with van der Waals surface area (Å²) in [6, 6.07) is 6.83. The van der Waals surface area contributed by atoms with Gasteiger partial charge in [0, 0.05) is 6.54 Å². The molecule has 0 unspecified atom stereocenters.